The molecule has 2 aliphatic rings. The number of ether oxygens (including phenoxy) is 1. The zero-order valence-electron chi connectivity index (χ0n) is 9.96. The van der Waals surface area contributed by atoms with Crippen LogP contribution in [0.1, 0.15) is 55.7 Å². The number of hydrogen-bond donors (Lipinski definition) is 1. The highest BCUT2D eigenvalue weighted by Crippen LogP contribution is 2.33. The number of nitrogens with one attached hydrogen (secondary N) is 1. The molecule has 1 aliphatic carbocycles. The first-order chi connectivity index (χ1) is 7.88. The molecule has 3 nitrogen and oxygen atoms in total. The van der Waals surface area contributed by atoms with Crippen LogP contribution in [0.25, 0.3) is 0 Å². The largest absolute Gasteiger partial charge is 0.377 e. The molecule has 2 heterocycles. The van der Waals surface area contributed by atoms with Crippen LogP contribution in [0.15, 0.2) is 0 Å². The molecule has 0 spiro atoms. The van der Waals surface area contributed by atoms with Crippen molar-refractivity contribution in [3.05, 3.63) is 17.2 Å². The normalized spacial score (nSPS) is 29.3. The highest BCUT2D eigenvalue weighted by molar-refractivity contribution is 5.20. The fourth-order valence-electron chi connectivity index (χ4n) is 3.01. The van der Waals surface area contributed by atoms with Gasteiger partial charge in [0.1, 0.15) is 5.82 Å². The number of aromatic nitrogens is 2. The molecule has 2 atom stereocenters. The lowest BCUT2D eigenvalue weighted by Crippen LogP contribution is -2.14. The maximum absolute atomic E-state index is 5.74. The van der Waals surface area contributed by atoms with Gasteiger partial charge in [0, 0.05) is 18.2 Å². The van der Waals surface area contributed by atoms with E-state index >= 15 is 0 Å². The summed E-state index contributed by atoms with van der Waals surface area (Å²) in [6.07, 6.45) is 7.57. The Bertz CT molecular complexity index is 349. The molecule has 0 saturated carbocycles. The van der Waals surface area contributed by atoms with Gasteiger partial charge >= 0.3 is 0 Å². The summed E-state index contributed by atoms with van der Waals surface area (Å²) < 4.78 is 5.74. The number of nitrogens with zero attached hydrogens (tertiary/aromatic N) is 1. The molecular formula is C13H20N2O. The van der Waals surface area contributed by atoms with E-state index < -0.39 is 0 Å². The molecule has 0 radical (unpaired) electrons. The minimum atomic E-state index is 0.382. The van der Waals surface area contributed by atoms with E-state index in [9.17, 15) is 0 Å². The number of aryl methyl sites for hydroxylation is 2. The van der Waals surface area contributed by atoms with Gasteiger partial charge in [-0.25, -0.2) is 4.98 Å². The Morgan fingerprint density at radius 3 is 3.06 bits per heavy atom. The fraction of sp³-hybridized carbons (Fsp3) is 0.769. The van der Waals surface area contributed by atoms with Crippen LogP contribution >= 0.6 is 0 Å². The second kappa shape index (κ2) is 4.21. The van der Waals surface area contributed by atoms with Crippen molar-refractivity contribution in [2.24, 2.45) is 0 Å². The molecule has 16 heavy (non-hydrogen) atoms. The molecular weight excluding hydrogens is 200 g/mol. The Morgan fingerprint density at radius 2 is 2.25 bits per heavy atom. The number of fused-ring (bicyclic) bond motifs is 1. The fourth-order valence-corrected chi connectivity index (χ4v) is 3.01. The molecule has 88 valence electrons. The highest BCUT2D eigenvalue weighted by Gasteiger charge is 2.31. The van der Waals surface area contributed by atoms with Crippen molar-refractivity contribution >= 4 is 0 Å². The molecule has 2 unspecified atom stereocenters. The third kappa shape index (κ3) is 1.67. The van der Waals surface area contributed by atoms with Crippen molar-refractivity contribution in [1.29, 1.82) is 0 Å². The van der Waals surface area contributed by atoms with Gasteiger partial charge in [0.05, 0.1) is 11.8 Å². The molecule has 0 aromatic carbocycles. The topological polar surface area (TPSA) is 37.9 Å². The predicted molar refractivity (Wildman–Crippen MR) is 62.6 cm³/mol. The number of rotatable bonds is 2. The first-order valence-corrected chi connectivity index (χ1v) is 6.57. The predicted octanol–water partition coefficient (Wildman–Crippen LogP) is 2.57. The minimum absolute atomic E-state index is 0.382. The summed E-state index contributed by atoms with van der Waals surface area (Å²) in [5.41, 5.74) is 2.71. The SMILES string of the molecule is CCC1OCCC1c1nc2c([nH]1)CCCC2. The van der Waals surface area contributed by atoms with Crippen molar-refractivity contribution in [2.45, 2.75) is 57.5 Å². The van der Waals surface area contributed by atoms with Crippen LogP contribution in [-0.2, 0) is 17.6 Å². The molecule has 1 aromatic rings. The first-order valence-electron chi connectivity index (χ1n) is 6.57. The molecule has 0 amide bonds. The van der Waals surface area contributed by atoms with E-state index in [1.807, 2.05) is 0 Å². The van der Waals surface area contributed by atoms with Gasteiger partial charge in [-0.15, -0.1) is 0 Å². The van der Waals surface area contributed by atoms with Crippen LogP contribution in [0, 0.1) is 0 Å². The van der Waals surface area contributed by atoms with Gasteiger partial charge in [-0.3, -0.25) is 0 Å². The van der Waals surface area contributed by atoms with Gasteiger partial charge in [-0.05, 0) is 38.5 Å². The Kier molecular flexibility index (Phi) is 2.72. The Hall–Kier alpha value is -0.830. The molecule has 1 saturated heterocycles. The summed E-state index contributed by atoms with van der Waals surface area (Å²) in [6, 6.07) is 0. The van der Waals surface area contributed by atoms with Gasteiger partial charge in [0.25, 0.3) is 0 Å². The zero-order valence-corrected chi connectivity index (χ0v) is 9.96. The zero-order chi connectivity index (χ0) is 11.0. The van der Waals surface area contributed by atoms with E-state index in [2.05, 4.69) is 11.9 Å². The average Bonchev–Trinajstić information content (AvgIpc) is 2.94. The molecule has 1 N–H and O–H groups in total. The quantitative estimate of drug-likeness (QED) is 0.831. The number of imidazole rings is 1. The van der Waals surface area contributed by atoms with Crippen LogP contribution in [0.5, 0.6) is 0 Å². The van der Waals surface area contributed by atoms with Crippen molar-refractivity contribution in [1.82, 2.24) is 9.97 Å². The summed E-state index contributed by atoms with van der Waals surface area (Å²) in [4.78, 5) is 8.34. The van der Waals surface area contributed by atoms with Crippen molar-refractivity contribution < 1.29 is 4.74 Å². The Labute approximate surface area is 96.6 Å². The maximum Gasteiger partial charge on any atom is 0.112 e. The first kappa shape index (κ1) is 10.3. The Morgan fingerprint density at radius 1 is 1.38 bits per heavy atom. The molecule has 1 aromatic heterocycles. The lowest BCUT2D eigenvalue weighted by molar-refractivity contribution is 0.0995. The number of aromatic amines is 1. The summed E-state index contributed by atoms with van der Waals surface area (Å²) in [7, 11) is 0. The summed E-state index contributed by atoms with van der Waals surface area (Å²) in [5, 5.41) is 0. The lowest BCUT2D eigenvalue weighted by Gasteiger charge is -2.13. The van der Waals surface area contributed by atoms with Crippen LogP contribution in [0.2, 0.25) is 0 Å². The maximum atomic E-state index is 5.74. The summed E-state index contributed by atoms with van der Waals surface area (Å²) in [6.45, 7) is 3.10. The van der Waals surface area contributed by atoms with Crippen LogP contribution < -0.4 is 0 Å². The van der Waals surface area contributed by atoms with Gasteiger partial charge in [-0.2, -0.15) is 0 Å². The average molecular weight is 220 g/mol. The van der Waals surface area contributed by atoms with Gasteiger partial charge in [0.15, 0.2) is 0 Å². The minimum Gasteiger partial charge on any atom is -0.377 e. The highest BCUT2D eigenvalue weighted by atomic mass is 16.5. The standard InChI is InChI=1S/C13H20N2O/c1-2-12-9(7-8-16-12)13-14-10-5-3-4-6-11(10)15-13/h9,12H,2-8H2,1H3,(H,14,15). The lowest BCUT2D eigenvalue weighted by atomic mass is 9.99. The van der Waals surface area contributed by atoms with E-state index in [0.29, 0.717) is 12.0 Å². The molecule has 0 bridgehead atoms. The van der Waals surface area contributed by atoms with E-state index in [-0.39, 0.29) is 0 Å². The van der Waals surface area contributed by atoms with Gasteiger partial charge in [0.2, 0.25) is 0 Å². The van der Waals surface area contributed by atoms with E-state index in [4.69, 9.17) is 9.72 Å². The van der Waals surface area contributed by atoms with E-state index in [0.717, 1.165) is 25.9 Å². The van der Waals surface area contributed by atoms with Crippen LogP contribution in [0.3, 0.4) is 0 Å². The van der Waals surface area contributed by atoms with Crippen LogP contribution in [-0.4, -0.2) is 22.7 Å². The Balaban J connectivity index is 1.86. The van der Waals surface area contributed by atoms with Gasteiger partial charge in [-0.1, -0.05) is 6.92 Å². The van der Waals surface area contributed by atoms with E-state index in [1.54, 1.807) is 0 Å². The summed E-state index contributed by atoms with van der Waals surface area (Å²) >= 11 is 0. The van der Waals surface area contributed by atoms with Crippen molar-refractivity contribution in [3.8, 4) is 0 Å². The molecule has 3 rings (SSSR count). The van der Waals surface area contributed by atoms with Crippen LogP contribution in [0.4, 0.5) is 0 Å². The van der Waals surface area contributed by atoms with E-state index in [1.165, 1.54) is 36.5 Å². The third-order valence-electron chi connectivity index (χ3n) is 3.94. The van der Waals surface area contributed by atoms with Gasteiger partial charge < -0.3 is 9.72 Å². The smallest absolute Gasteiger partial charge is 0.112 e. The van der Waals surface area contributed by atoms with Crippen molar-refractivity contribution in [2.75, 3.05) is 6.61 Å². The second-order valence-corrected chi connectivity index (χ2v) is 4.97. The number of hydrogen-bond acceptors (Lipinski definition) is 2. The number of H-pyrrole nitrogens is 1. The molecule has 1 fully saturated rings. The van der Waals surface area contributed by atoms with Crippen molar-refractivity contribution in [3.63, 3.8) is 0 Å². The monoisotopic (exact) mass is 220 g/mol. The second-order valence-electron chi connectivity index (χ2n) is 4.97. The molecule has 3 heteroatoms. The molecule has 1 aliphatic heterocycles. The third-order valence-corrected chi connectivity index (χ3v) is 3.94. The summed E-state index contributed by atoms with van der Waals surface area (Å²) in [5.74, 6) is 1.70.